The van der Waals surface area contributed by atoms with E-state index >= 15 is 0 Å². The molecule has 112 valence electrons. The van der Waals surface area contributed by atoms with E-state index < -0.39 is 0 Å². The Morgan fingerprint density at radius 1 is 1.21 bits per heavy atom. The summed E-state index contributed by atoms with van der Waals surface area (Å²) in [4.78, 5) is 2.63. The van der Waals surface area contributed by atoms with Crippen LogP contribution in [0.2, 0.25) is 0 Å². The zero-order valence-electron chi connectivity index (χ0n) is 13.0. The van der Waals surface area contributed by atoms with Crippen LogP contribution in [-0.4, -0.2) is 49.2 Å². The summed E-state index contributed by atoms with van der Waals surface area (Å²) in [6, 6.07) is 2.30. The van der Waals surface area contributed by atoms with Crippen molar-refractivity contribution in [2.75, 3.05) is 26.2 Å². The van der Waals surface area contributed by atoms with Crippen molar-refractivity contribution < 1.29 is 0 Å². The first-order valence-electron chi connectivity index (χ1n) is 8.50. The van der Waals surface area contributed by atoms with Crippen molar-refractivity contribution in [2.45, 2.75) is 76.9 Å². The van der Waals surface area contributed by atoms with Crippen LogP contribution in [0.4, 0.5) is 0 Å². The Morgan fingerprint density at radius 2 is 2.05 bits per heavy atom. The van der Waals surface area contributed by atoms with Gasteiger partial charge in [-0.15, -0.1) is 0 Å². The highest BCUT2D eigenvalue weighted by Crippen LogP contribution is 2.25. The molecule has 2 fully saturated rings. The molecule has 2 rings (SSSR count). The molecule has 3 heteroatoms. The summed E-state index contributed by atoms with van der Waals surface area (Å²) >= 11 is 0. The van der Waals surface area contributed by atoms with Crippen LogP contribution in [0.1, 0.15) is 58.8 Å². The second-order valence-electron chi connectivity index (χ2n) is 6.45. The molecule has 2 N–H and O–H groups in total. The molecule has 0 amide bonds. The Labute approximate surface area is 119 Å². The van der Waals surface area contributed by atoms with Gasteiger partial charge in [-0.1, -0.05) is 19.8 Å². The van der Waals surface area contributed by atoms with Crippen molar-refractivity contribution in [3.63, 3.8) is 0 Å². The fourth-order valence-corrected chi connectivity index (χ4v) is 3.31. The van der Waals surface area contributed by atoms with Crippen LogP contribution in [0.3, 0.4) is 0 Å². The van der Waals surface area contributed by atoms with Crippen molar-refractivity contribution in [2.24, 2.45) is 0 Å². The normalized spacial score (nSPS) is 26.4. The first kappa shape index (κ1) is 15.3. The minimum absolute atomic E-state index is 0.647. The molecule has 1 aliphatic carbocycles. The molecule has 1 saturated carbocycles. The third kappa shape index (κ3) is 5.80. The molecular formula is C16H33N3. The van der Waals surface area contributed by atoms with E-state index in [1.807, 2.05) is 0 Å². The highest BCUT2D eigenvalue weighted by molar-refractivity contribution is 4.84. The van der Waals surface area contributed by atoms with Gasteiger partial charge in [0.1, 0.15) is 0 Å². The number of nitrogens with one attached hydrogen (secondary N) is 2. The summed E-state index contributed by atoms with van der Waals surface area (Å²) in [5.74, 6) is 0. The molecule has 0 aromatic rings. The number of nitrogens with zero attached hydrogens (tertiary/aromatic N) is 1. The van der Waals surface area contributed by atoms with Crippen LogP contribution in [0.5, 0.6) is 0 Å². The monoisotopic (exact) mass is 267 g/mol. The highest BCUT2D eigenvalue weighted by Gasteiger charge is 2.27. The van der Waals surface area contributed by atoms with Crippen LogP contribution >= 0.6 is 0 Å². The lowest BCUT2D eigenvalue weighted by molar-refractivity contribution is 0.269. The van der Waals surface area contributed by atoms with Gasteiger partial charge in [0.15, 0.2) is 0 Å². The van der Waals surface area contributed by atoms with Crippen LogP contribution in [0, 0.1) is 0 Å². The smallest absolute Gasteiger partial charge is 0.0110 e. The molecule has 2 aliphatic rings. The Kier molecular flexibility index (Phi) is 6.62. The predicted molar refractivity (Wildman–Crippen MR) is 82.6 cm³/mol. The third-order valence-electron chi connectivity index (χ3n) is 4.66. The maximum Gasteiger partial charge on any atom is 0.0110 e. The van der Waals surface area contributed by atoms with Crippen molar-refractivity contribution >= 4 is 0 Å². The molecule has 3 nitrogen and oxygen atoms in total. The molecular weight excluding hydrogens is 234 g/mol. The number of rotatable bonds is 8. The first-order valence-corrected chi connectivity index (χ1v) is 8.50. The molecule has 1 saturated heterocycles. The van der Waals surface area contributed by atoms with Crippen LogP contribution in [0.25, 0.3) is 0 Å². The Hall–Kier alpha value is -0.120. The minimum atomic E-state index is 0.647. The molecule has 1 heterocycles. The van der Waals surface area contributed by atoms with E-state index in [0.29, 0.717) is 6.04 Å². The molecule has 0 aromatic heterocycles. The van der Waals surface area contributed by atoms with Gasteiger partial charge in [-0.05, 0) is 52.1 Å². The van der Waals surface area contributed by atoms with Crippen molar-refractivity contribution in [3.8, 4) is 0 Å². The number of hydrogen-bond acceptors (Lipinski definition) is 3. The van der Waals surface area contributed by atoms with Gasteiger partial charge < -0.3 is 10.6 Å². The standard InChI is InChI=1S/C16H33N3/c1-3-19(16-8-9-16)12-11-17-14(2)13-15-7-5-4-6-10-18-15/h14-18H,3-13H2,1-2H3. The molecule has 19 heavy (non-hydrogen) atoms. The fourth-order valence-electron chi connectivity index (χ4n) is 3.31. The molecule has 1 aliphatic heterocycles. The lowest BCUT2D eigenvalue weighted by Gasteiger charge is -2.24. The summed E-state index contributed by atoms with van der Waals surface area (Å²) in [5, 5.41) is 7.42. The van der Waals surface area contributed by atoms with Crippen molar-refractivity contribution in [3.05, 3.63) is 0 Å². The lowest BCUT2D eigenvalue weighted by Crippen LogP contribution is -2.40. The summed E-state index contributed by atoms with van der Waals surface area (Å²) in [6.07, 6.45) is 9.70. The van der Waals surface area contributed by atoms with E-state index in [0.717, 1.165) is 18.6 Å². The van der Waals surface area contributed by atoms with E-state index in [-0.39, 0.29) is 0 Å². The second kappa shape index (κ2) is 8.23. The zero-order valence-corrected chi connectivity index (χ0v) is 13.0. The topological polar surface area (TPSA) is 27.3 Å². The molecule has 0 bridgehead atoms. The Balaban J connectivity index is 1.56. The SMILES string of the molecule is CCN(CCNC(C)CC1CCCCCN1)C1CC1. The second-order valence-corrected chi connectivity index (χ2v) is 6.45. The first-order chi connectivity index (χ1) is 9.29. The van der Waals surface area contributed by atoms with Crippen molar-refractivity contribution in [1.82, 2.24) is 15.5 Å². The molecule has 0 spiro atoms. The van der Waals surface area contributed by atoms with E-state index in [4.69, 9.17) is 0 Å². The van der Waals surface area contributed by atoms with E-state index in [2.05, 4.69) is 29.4 Å². The average molecular weight is 267 g/mol. The van der Waals surface area contributed by atoms with Gasteiger partial charge >= 0.3 is 0 Å². The van der Waals surface area contributed by atoms with E-state index in [1.54, 1.807) is 0 Å². The molecule has 2 atom stereocenters. The van der Waals surface area contributed by atoms with Crippen LogP contribution < -0.4 is 10.6 Å². The quantitative estimate of drug-likeness (QED) is 0.707. The molecule has 0 aromatic carbocycles. The summed E-state index contributed by atoms with van der Waals surface area (Å²) < 4.78 is 0. The van der Waals surface area contributed by atoms with Gasteiger partial charge in [0.25, 0.3) is 0 Å². The van der Waals surface area contributed by atoms with Gasteiger partial charge in [-0.2, -0.15) is 0 Å². The molecule has 2 unspecified atom stereocenters. The summed E-state index contributed by atoms with van der Waals surface area (Å²) in [7, 11) is 0. The average Bonchev–Trinajstić information content (AvgIpc) is 3.22. The number of hydrogen-bond donors (Lipinski definition) is 2. The predicted octanol–water partition coefficient (Wildman–Crippen LogP) is 2.37. The summed E-state index contributed by atoms with van der Waals surface area (Å²) in [6.45, 7) is 9.45. The minimum Gasteiger partial charge on any atom is -0.314 e. The maximum atomic E-state index is 3.72. The van der Waals surface area contributed by atoms with Crippen LogP contribution in [-0.2, 0) is 0 Å². The third-order valence-corrected chi connectivity index (χ3v) is 4.66. The van der Waals surface area contributed by atoms with Gasteiger partial charge in [0.2, 0.25) is 0 Å². The largest absolute Gasteiger partial charge is 0.314 e. The maximum absolute atomic E-state index is 3.72. The van der Waals surface area contributed by atoms with Gasteiger partial charge in [-0.25, -0.2) is 0 Å². The van der Waals surface area contributed by atoms with Crippen molar-refractivity contribution in [1.29, 1.82) is 0 Å². The Morgan fingerprint density at radius 3 is 2.79 bits per heavy atom. The molecule has 0 radical (unpaired) electrons. The lowest BCUT2D eigenvalue weighted by atomic mass is 10.0. The van der Waals surface area contributed by atoms with E-state index in [9.17, 15) is 0 Å². The van der Waals surface area contributed by atoms with Crippen LogP contribution in [0.15, 0.2) is 0 Å². The summed E-state index contributed by atoms with van der Waals surface area (Å²) in [5.41, 5.74) is 0. The zero-order chi connectivity index (χ0) is 13.5. The van der Waals surface area contributed by atoms with Gasteiger partial charge in [0.05, 0.1) is 0 Å². The Bertz CT molecular complexity index is 232. The highest BCUT2D eigenvalue weighted by atomic mass is 15.2. The van der Waals surface area contributed by atoms with Gasteiger partial charge in [0, 0.05) is 31.2 Å². The fraction of sp³-hybridized carbons (Fsp3) is 1.00. The van der Waals surface area contributed by atoms with Gasteiger partial charge in [-0.3, -0.25) is 4.90 Å². The van der Waals surface area contributed by atoms with E-state index in [1.165, 1.54) is 64.6 Å². The number of likely N-dealkylation sites (N-methyl/N-ethyl adjacent to an activating group) is 1.